The Labute approximate surface area is 92.3 Å². The van der Waals surface area contributed by atoms with E-state index in [-0.39, 0.29) is 0 Å². The normalized spacial score (nSPS) is 10.2. The van der Waals surface area contributed by atoms with Gasteiger partial charge in [-0.1, -0.05) is 32.6 Å². The third-order valence-corrected chi connectivity index (χ3v) is 2.48. The average Bonchev–Trinajstić information content (AvgIpc) is 2.26. The van der Waals surface area contributed by atoms with Gasteiger partial charge in [0.2, 0.25) is 0 Å². The largest absolute Gasteiger partial charge is 0.508 e. The molecule has 0 aliphatic carbocycles. The number of aromatic hydroxyl groups is 1. The SMILES string of the molecule is CCCCCCCNc1ccc(O)cc1. The maximum absolute atomic E-state index is 9.10. The minimum Gasteiger partial charge on any atom is -0.508 e. The molecule has 0 amide bonds. The Morgan fingerprint density at radius 1 is 1.00 bits per heavy atom. The molecule has 1 aromatic rings. The van der Waals surface area contributed by atoms with Crippen molar-refractivity contribution in [3.8, 4) is 5.75 Å². The van der Waals surface area contributed by atoms with E-state index in [1.54, 1.807) is 12.1 Å². The van der Waals surface area contributed by atoms with Crippen LogP contribution in [-0.2, 0) is 0 Å². The molecule has 2 nitrogen and oxygen atoms in total. The number of unbranched alkanes of at least 4 members (excludes halogenated alkanes) is 4. The van der Waals surface area contributed by atoms with Crippen molar-refractivity contribution in [1.29, 1.82) is 0 Å². The highest BCUT2D eigenvalue weighted by Crippen LogP contribution is 2.13. The summed E-state index contributed by atoms with van der Waals surface area (Å²) in [5, 5.41) is 12.4. The first-order valence-corrected chi connectivity index (χ1v) is 5.86. The lowest BCUT2D eigenvalue weighted by atomic mass is 10.1. The zero-order chi connectivity index (χ0) is 10.9. The van der Waals surface area contributed by atoms with Gasteiger partial charge in [0.1, 0.15) is 5.75 Å². The van der Waals surface area contributed by atoms with Crippen molar-refractivity contribution in [2.45, 2.75) is 39.0 Å². The Bertz CT molecular complexity index is 256. The smallest absolute Gasteiger partial charge is 0.115 e. The minimum atomic E-state index is 0.323. The van der Waals surface area contributed by atoms with Crippen LogP contribution < -0.4 is 5.32 Å². The summed E-state index contributed by atoms with van der Waals surface area (Å²) in [5.74, 6) is 0.323. The first-order chi connectivity index (χ1) is 7.33. The molecule has 0 spiro atoms. The summed E-state index contributed by atoms with van der Waals surface area (Å²) in [5.41, 5.74) is 1.09. The van der Waals surface area contributed by atoms with Gasteiger partial charge in [-0.05, 0) is 30.7 Å². The summed E-state index contributed by atoms with van der Waals surface area (Å²) in [6, 6.07) is 7.22. The Kier molecular flexibility index (Phi) is 5.67. The molecular weight excluding hydrogens is 186 g/mol. The maximum atomic E-state index is 9.10. The molecule has 0 aliphatic heterocycles. The van der Waals surface area contributed by atoms with Gasteiger partial charge in [-0.3, -0.25) is 0 Å². The molecule has 0 fully saturated rings. The van der Waals surface area contributed by atoms with Crippen LogP contribution >= 0.6 is 0 Å². The Morgan fingerprint density at radius 2 is 1.67 bits per heavy atom. The van der Waals surface area contributed by atoms with Crippen molar-refractivity contribution < 1.29 is 5.11 Å². The second-order valence-electron chi connectivity index (χ2n) is 3.89. The number of rotatable bonds is 7. The zero-order valence-corrected chi connectivity index (χ0v) is 9.50. The first kappa shape index (κ1) is 11.9. The summed E-state index contributed by atoms with van der Waals surface area (Å²) in [4.78, 5) is 0. The molecule has 0 atom stereocenters. The van der Waals surface area contributed by atoms with Gasteiger partial charge in [0.05, 0.1) is 0 Å². The predicted octanol–water partition coefficient (Wildman–Crippen LogP) is 3.77. The molecule has 0 saturated carbocycles. The monoisotopic (exact) mass is 207 g/mol. The molecule has 0 aliphatic rings. The van der Waals surface area contributed by atoms with E-state index in [1.807, 2.05) is 12.1 Å². The molecule has 2 N–H and O–H groups in total. The molecule has 1 rings (SSSR count). The van der Waals surface area contributed by atoms with E-state index in [0.717, 1.165) is 12.2 Å². The highest BCUT2D eigenvalue weighted by atomic mass is 16.3. The first-order valence-electron chi connectivity index (χ1n) is 5.86. The fourth-order valence-electron chi connectivity index (χ4n) is 1.54. The maximum Gasteiger partial charge on any atom is 0.115 e. The second-order valence-corrected chi connectivity index (χ2v) is 3.89. The highest BCUT2D eigenvalue weighted by molar-refractivity contribution is 5.45. The average molecular weight is 207 g/mol. The third-order valence-electron chi connectivity index (χ3n) is 2.48. The molecule has 0 aromatic heterocycles. The van der Waals surface area contributed by atoms with Crippen LogP contribution in [0.15, 0.2) is 24.3 Å². The highest BCUT2D eigenvalue weighted by Gasteiger charge is 1.92. The van der Waals surface area contributed by atoms with Crippen LogP contribution in [0.4, 0.5) is 5.69 Å². The van der Waals surface area contributed by atoms with Crippen LogP contribution in [0.5, 0.6) is 5.75 Å². The van der Waals surface area contributed by atoms with Gasteiger partial charge in [0, 0.05) is 12.2 Å². The molecule has 1 aromatic carbocycles. The number of anilines is 1. The molecule has 15 heavy (non-hydrogen) atoms. The van der Waals surface area contributed by atoms with Gasteiger partial charge in [-0.15, -0.1) is 0 Å². The van der Waals surface area contributed by atoms with Gasteiger partial charge in [-0.25, -0.2) is 0 Å². The van der Waals surface area contributed by atoms with Crippen molar-refractivity contribution in [1.82, 2.24) is 0 Å². The molecule has 84 valence electrons. The van der Waals surface area contributed by atoms with Gasteiger partial charge in [-0.2, -0.15) is 0 Å². The van der Waals surface area contributed by atoms with E-state index < -0.39 is 0 Å². The minimum absolute atomic E-state index is 0.323. The topological polar surface area (TPSA) is 32.3 Å². The standard InChI is InChI=1S/C13H21NO/c1-2-3-4-5-6-11-14-12-7-9-13(15)10-8-12/h7-10,14-15H,2-6,11H2,1H3. The van der Waals surface area contributed by atoms with Gasteiger partial charge in [0.15, 0.2) is 0 Å². The molecular formula is C13H21NO. The predicted molar refractivity (Wildman–Crippen MR) is 65.4 cm³/mol. The van der Waals surface area contributed by atoms with E-state index in [0.29, 0.717) is 5.75 Å². The van der Waals surface area contributed by atoms with Gasteiger partial charge >= 0.3 is 0 Å². The van der Waals surface area contributed by atoms with E-state index in [9.17, 15) is 0 Å². The molecule has 2 heteroatoms. The molecule has 0 unspecified atom stereocenters. The van der Waals surface area contributed by atoms with Gasteiger partial charge in [0.25, 0.3) is 0 Å². The van der Waals surface area contributed by atoms with Crippen LogP contribution in [0.3, 0.4) is 0 Å². The van der Waals surface area contributed by atoms with Crippen LogP contribution in [0.1, 0.15) is 39.0 Å². The number of phenols is 1. The number of benzene rings is 1. The van der Waals surface area contributed by atoms with Crippen molar-refractivity contribution in [3.63, 3.8) is 0 Å². The molecule has 0 saturated heterocycles. The summed E-state index contributed by atoms with van der Waals surface area (Å²) in [6.07, 6.45) is 6.51. The lowest BCUT2D eigenvalue weighted by molar-refractivity contribution is 0.475. The molecule has 0 heterocycles. The Morgan fingerprint density at radius 3 is 2.33 bits per heavy atom. The van der Waals surface area contributed by atoms with E-state index in [2.05, 4.69) is 12.2 Å². The Balaban J connectivity index is 2.07. The Hall–Kier alpha value is -1.18. The number of hydrogen-bond donors (Lipinski definition) is 2. The van der Waals surface area contributed by atoms with Crippen LogP contribution in [0.2, 0.25) is 0 Å². The number of phenolic OH excluding ortho intramolecular Hbond substituents is 1. The van der Waals surface area contributed by atoms with Crippen molar-refractivity contribution in [2.75, 3.05) is 11.9 Å². The fourth-order valence-corrected chi connectivity index (χ4v) is 1.54. The van der Waals surface area contributed by atoms with Crippen molar-refractivity contribution in [2.24, 2.45) is 0 Å². The number of hydrogen-bond acceptors (Lipinski definition) is 2. The quantitative estimate of drug-likeness (QED) is 0.527. The van der Waals surface area contributed by atoms with E-state index >= 15 is 0 Å². The zero-order valence-electron chi connectivity index (χ0n) is 9.50. The van der Waals surface area contributed by atoms with E-state index in [1.165, 1.54) is 32.1 Å². The van der Waals surface area contributed by atoms with E-state index in [4.69, 9.17) is 5.11 Å². The van der Waals surface area contributed by atoms with Crippen LogP contribution in [0, 0.1) is 0 Å². The second kappa shape index (κ2) is 7.16. The molecule has 0 radical (unpaired) electrons. The number of nitrogens with one attached hydrogen (secondary N) is 1. The fraction of sp³-hybridized carbons (Fsp3) is 0.538. The lowest BCUT2D eigenvalue weighted by Gasteiger charge is -2.05. The van der Waals surface area contributed by atoms with Crippen molar-refractivity contribution >= 4 is 5.69 Å². The summed E-state index contributed by atoms with van der Waals surface area (Å²) in [7, 11) is 0. The van der Waals surface area contributed by atoms with Crippen LogP contribution in [0.25, 0.3) is 0 Å². The lowest BCUT2D eigenvalue weighted by Crippen LogP contribution is -2.00. The van der Waals surface area contributed by atoms with Gasteiger partial charge < -0.3 is 10.4 Å². The third kappa shape index (κ3) is 5.31. The summed E-state index contributed by atoms with van der Waals surface area (Å²) < 4.78 is 0. The molecule has 0 bridgehead atoms. The van der Waals surface area contributed by atoms with Crippen LogP contribution in [-0.4, -0.2) is 11.7 Å². The summed E-state index contributed by atoms with van der Waals surface area (Å²) >= 11 is 0. The summed E-state index contributed by atoms with van der Waals surface area (Å²) in [6.45, 7) is 3.25. The van der Waals surface area contributed by atoms with Crippen molar-refractivity contribution in [3.05, 3.63) is 24.3 Å².